The van der Waals surface area contributed by atoms with Gasteiger partial charge in [0.25, 0.3) is 0 Å². The first kappa shape index (κ1) is 12.8. The fourth-order valence-corrected chi connectivity index (χ4v) is 2.26. The maximum absolute atomic E-state index is 11.4. The maximum Gasteiger partial charge on any atom is 0.324 e. The number of aliphatic carboxylic acids is 1. The van der Waals surface area contributed by atoms with Crippen LogP contribution >= 0.6 is 0 Å². The van der Waals surface area contributed by atoms with E-state index in [1.165, 1.54) is 0 Å². The molecule has 1 saturated heterocycles. The smallest absolute Gasteiger partial charge is 0.324 e. The summed E-state index contributed by atoms with van der Waals surface area (Å²) in [5.74, 6) is -0.761. The molecule has 17 heavy (non-hydrogen) atoms. The van der Waals surface area contributed by atoms with Crippen molar-refractivity contribution in [1.82, 2.24) is 10.2 Å². The Kier molecular flexibility index (Phi) is 3.70. The SMILES string of the molecule is CC1COCCN1CC(C)(NC1CC1)C(=O)O. The number of hydrogen-bond acceptors (Lipinski definition) is 4. The monoisotopic (exact) mass is 242 g/mol. The third-order valence-electron chi connectivity index (χ3n) is 3.60. The van der Waals surface area contributed by atoms with Gasteiger partial charge in [-0.15, -0.1) is 0 Å². The molecule has 0 amide bonds. The van der Waals surface area contributed by atoms with E-state index in [4.69, 9.17) is 4.74 Å². The number of carbonyl (C=O) groups is 1. The number of hydrogen-bond donors (Lipinski definition) is 2. The Balaban J connectivity index is 1.97. The number of ether oxygens (including phenoxy) is 1. The van der Waals surface area contributed by atoms with E-state index >= 15 is 0 Å². The predicted octanol–water partition coefficient (Wildman–Crippen LogP) is 0.302. The molecule has 98 valence electrons. The second-order valence-corrected chi connectivity index (χ2v) is 5.45. The first-order chi connectivity index (χ1) is 8.01. The largest absolute Gasteiger partial charge is 0.480 e. The average Bonchev–Trinajstić information content (AvgIpc) is 3.05. The Labute approximate surface area is 102 Å². The highest BCUT2D eigenvalue weighted by molar-refractivity contribution is 5.78. The van der Waals surface area contributed by atoms with E-state index in [1.54, 1.807) is 6.92 Å². The van der Waals surface area contributed by atoms with Crippen LogP contribution in [0.3, 0.4) is 0 Å². The standard InChI is InChI=1S/C12H22N2O3/c1-9-7-17-6-5-14(9)8-12(2,11(15)16)13-10-3-4-10/h9-10,13H,3-8H2,1-2H3,(H,15,16). The molecule has 5 heteroatoms. The third kappa shape index (κ3) is 3.18. The summed E-state index contributed by atoms with van der Waals surface area (Å²) in [5.41, 5.74) is -0.841. The second-order valence-electron chi connectivity index (χ2n) is 5.45. The van der Waals surface area contributed by atoms with Crippen LogP contribution in [-0.2, 0) is 9.53 Å². The summed E-state index contributed by atoms with van der Waals surface area (Å²) in [5, 5.41) is 12.7. The summed E-state index contributed by atoms with van der Waals surface area (Å²) < 4.78 is 5.37. The van der Waals surface area contributed by atoms with E-state index in [2.05, 4.69) is 17.1 Å². The minimum absolute atomic E-state index is 0.295. The van der Waals surface area contributed by atoms with E-state index in [9.17, 15) is 9.90 Å². The fraction of sp³-hybridized carbons (Fsp3) is 0.917. The number of rotatable bonds is 5. The molecule has 1 aliphatic heterocycles. The number of carboxylic acids is 1. The molecule has 5 nitrogen and oxygen atoms in total. The van der Waals surface area contributed by atoms with E-state index in [-0.39, 0.29) is 0 Å². The molecule has 1 aliphatic carbocycles. The van der Waals surface area contributed by atoms with Gasteiger partial charge in [0.15, 0.2) is 0 Å². The molecule has 1 saturated carbocycles. The zero-order chi connectivity index (χ0) is 12.5. The molecule has 1 heterocycles. The molecule has 2 atom stereocenters. The van der Waals surface area contributed by atoms with E-state index in [1.807, 2.05) is 0 Å². The second kappa shape index (κ2) is 4.92. The normalized spacial score (nSPS) is 29.9. The first-order valence-corrected chi connectivity index (χ1v) is 6.34. The van der Waals surface area contributed by atoms with Gasteiger partial charge in [0.2, 0.25) is 0 Å². The van der Waals surface area contributed by atoms with Gasteiger partial charge in [0, 0.05) is 25.2 Å². The van der Waals surface area contributed by atoms with Crippen molar-refractivity contribution in [2.45, 2.75) is 44.3 Å². The van der Waals surface area contributed by atoms with Crippen LogP contribution < -0.4 is 5.32 Å². The van der Waals surface area contributed by atoms with Gasteiger partial charge < -0.3 is 9.84 Å². The number of morpholine rings is 1. The molecule has 2 fully saturated rings. The lowest BCUT2D eigenvalue weighted by Crippen LogP contribution is -2.60. The number of carboxylic acid groups (broad SMARTS) is 1. The third-order valence-corrected chi connectivity index (χ3v) is 3.60. The van der Waals surface area contributed by atoms with Gasteiger partial charge in [-0.1, -0.05) is 0 Å². The van der Waals surface area contributed by atoms with Crippen molar-refractivity contribution in [1.29, 1.82) is 0 Å². The summed E-state index contributed by atoms with van der Waals surface area (Å²) in [4.78, 5) is 13.6. The van der Waals surface area contributed by atoms with Crippen molar-refractivity contribution in [3.05, 3.63) is 0 Å². The predicted molar refractivity (Wildman–Crippen MR) is 64.1 cm³/mol. The Morgan fingerprint density at radius 1 is 1.59 bits per heavy atom. The van der Waals surface area contributed by atoms with Gasteiger partial charge in [-0.05, 0) is 26.7 Å². The highest BCUT2D eigenvalue weighted by Gasteiger charge is 2.40. The van der Waals surface area contributed by atoms with Crippen molar-refractivity contribution in [3.8, 4) is 0 Å². The Morgan fingerprint density at radius 3 is 2.82 bits per heavy atom. The molecule has 0 aromatic rings. The summed E-state index contributed by atoms with van der Waals surface area (Å²) >= 11 is 0. The van der Waals surface area contributed by atoms with E-state index < -0.39 is 11.5 Å². The molecule has 2 unspecified atom stereocenters. The summed E-state index contributed by atoms with van der Waals surface area (Å²) in [6.45, 7) is 6.62. The minimum Gasteiger partial charge on any atom is -0.480 e. The quantitative estimate of drug-likeness (QED) is 0.726. The highest BCUT2D eigenvalue weighted by Crippen LogP contribution is 2.24. The number of nitrogens with zero attached hydrogens (tertiary/aromatic N) is 1. The van der Waals surface area contributed by atoms with Crippen LogP contribution in [0.5, 0.6) is 0 Å². The van der Waals surface area contributed by atoms with Crippen molar-refractivity contribution < 1.29 is 14.6 Å². The molecular formula is C12H22N2O3. The van der Waals surface area contributed by atoms with Gasteiger partial charge in [-0.2, -0.15) is 0 Å². The molecule has 0 radical (unpaired) electrons. The lowest BCUT2D eigenvalue weighted by molar-refractivity contribution is -0.146. The topological polar surface area (TPSA) is 61.8 Å². The molecule has 0 spiro atoms. The summed E-state index contributed by atoms with van der Waals surface area (Å²) in [7, 11) is 0. The zero-order valence-corrected chi connectivity index (χ0v) is 10.6. The molecule has 2 aliphatic rings. The first-order valence-electron chi connectivity index (χ1n) is 6.34. The van der Waals surface area contributed by atoms with Crippen LogP contribution in [0.1, 0.15) is 26.7 Å². The molecule has 2 rings (SSSR count). The Morgan fingerprint density at radius 2 is 2.29 bits per heavy atom. The lowest BCUT2D eigenvalue weighted by Gasteiger charge is -2.39. The van der Waals surface area contributed by atoms with Crippen molar-refractivity contribution in [2.24, 2.45) is 0 Å². The van der Waals surface area contributed by atoms with Crippen LogP contribution in [0, 0.1) is 0 Å². The van der Waals surface area contributed by atoms with Crippen LogP contribution in [0.4, 0.5) is 0 Å². The lowest BCUT2D eigenvalue weighted by atomic mass is 10.0. The molecule has 0 aromatic carbocycles. The Bertz CT molecular complexity index is 293. The molecule has 0 aromatic heterocycles. The van der Waals surface area contributed by atoms with Crippen molar-refractivity contribution in [2.75, 3.05) is 26.3 Å². The average molecular weight is 242 g/mol. The van der Waals surface area contributed by atoms with Gasteiger partial charge in [0.05, 0.1) is 13.2 Å². The molecule has 2 N–H and O–H groups in total. The molecule has 0 bridgehead atoms. The summed E-state index contributed by atoms with van der Waals surface area (Å²) in [6, 6.07) is 0.691. The number of nitrogens with one attached hydrogen (secondary N) is 1. The van der Waals surface area contributed by atoms with Gasteiger partial charge in [0.1, 0.15) is 5.54 Å². The minimum atomic E-state index is -0.841. The van der Waals surface area contributed by atoms with Gasteiger partial charge in [-0.25, -0.2) is 0 Å². The fourth-order valence-electron chi connectivity index (χ4n) is 2.26. The highest BCUT2D eigenvalue weighted by atomic mass is 16.5. The van der Waals surface area contributed by atoms with Crippen LogP contribution in [0.25, 0.3) is 0 Å². The van der Waals surface area contributed by atoms with Crippen LogP contribution in [0.2, 0.25) is 0 Å². The Hall–Kier alpha value is -0.650. The van der Waals surface area contributed by atoms with Crippen LogP contribution in [0.15, 0.2) is 0 Å². The van der Waals surface area contributed by atoms with Crippen molar-refractivity contribution in [3.63, 3.8) is 0 Å². The van der Waals surface area contributed by atoms with Gasteiger partial charge >= 0.3 is 5.97 Å². The zero-order valence-electron chi connectivity index (χ0n) is 10.6. The van der Waals surface area contributed by atoms with Crippen molar-refractivity contribution >= 4 is 5.97 Å². The van der Waals surface area contributed by atoms with E-state index in [0.29, 0.717) is 31.8 Å². The van der Waals surface area contributed by atoms with E-state index in [0.717, 1.165) is 19.4 Å². The maximum atomic E-state index is 11.4. The summed E-state index contributed by atoms with van der Waals surface area (Å²) in [6.07, 6.45) is 2.20. The van der Waals surface area contributed by atoms with Crippen LogP contribution in [-0.4, -0.2) is 59.9 Å². The molecular weight excluding hydrogens is 220 g/mol. The van der Waals surface area contributed by atoms with Gasteiger partial charge in [-0.3, -0.25) is 15.0 Å².